The van der Waals surface area contributed by atoms with Gasteiger partial charge in [0.2, 0.25) is 11.8 Å². The highest BCUT2D eigenvalue weighted by Gasteiger charge is 2.46. The second-order valence-corrected chi connectivity index (χ2v) is 11.1. The third-order valence-corrected chi connectivity index (χ3v) is 7.49. The molecule has 0 bridgehead atoms. The smallest absolute Gasteiger partial charge is 0.328 e. The van der Waals surface area contributed by atoms with Crippen LogP contribution >= 0.6 is 0 Å². The van der Waals surface area contributed by atoms with Crippen molar-refractivity contribution in [1.82, 2.24) is 10.2 Å². The second kappa shape index (κ2) is 13.8. The Morgan fingerprint density at radius 3 is 2.51 bits per heavy atom. The lowest BCUT2D eigenvalue weighted by Gasteiger charge is -2.34. The van der Waals surface area contributed by atoms with Crippen LogP contribution in [0.5, 0.6) is 5.75 Å². The van der Waals surface area contributed by atoms with E-state index in [1.54, 1.807) is 12.1 Å². The van der Waals surface area contributed by atoms with Crippen LogP contribution in [-0.2, 0) is 39.8 Å². The Hall–Kier alpha value is -3.14. The molecular weight excluding hydrogens is 504 g/mol. The third-order valence-electron chi connectivity index (χ3n) is 7.49. The number of carbonyl (C=O) groups is 4. The van der Waals surface area contributed by atoms with Gasteiger partial charge in [0.15, 0.2) is 0 Å². The highest BCUT2D eigenvalue weighted by atomic mass is 16.5. The summed E-state index contributed by atoms with van der Waals surface area (Å²) in [5, 5.41) is 12.7. The molecule has 1 aromatic carbocycles. The number of rotatable bonds is 11. The molecule has 1 saturated heterocycles. The maximum absolute atomic E-state index is 14.0. The van der Waals surface area contributed by atoms with E-state index in [9.17, 15) is 24.3 Å². The third kappa shape index (κ3) is 8.95. The number of nitrogens with zero attached hydrogens (tertiary/aromatic N) is 1. The molecule has 1 aliphatic carbocycles. The number of hydrogen-bond acceptors (Lipinski definition) is 8. The Labute approximate surface area is 230 Å². The molecule has 1 heterocycles. The van der Waals surface area contributed by atoms with Crippen molar-refractivity contribution in [1.29, 1.82) is 0 Å². The number of esters is 2. The Kier molecular flexibility index (Phi) is 10.7. The minimum Gasteiger partial charge on any atom is -0.508 e. The largest absolute Gasteiger partial charge is 0.508 e. The first-order valence-electron chi connectivity index (χ1n) is 13.8. The molecule has 3 rings (SSSR count). The van der Waals surface area contributed by atoms with Crippen LogP contribution in [-0.4, -0.2) is 77.8 Å². The number of phenols is 1. The Morgan fingerprint density at radius 2 is 1.87 bits per heavy atom. The molecular formula is C29H42N2O8. The molecule has 10 nitrogen and oxygen atoms in total. The van der Waals surface area contributed by atoms with E-state index in [0.717, 1.165) is 32.1 Å². The highest BCUT2D eigenvalue weighted by Crippen LogP contribution is 2.32. The van der Waals surface area contributed by atoms with Gasteiger partial charge in [-0.15, -0.1) is 0 Å². The van der Waals surface area contributed by atoms with Gasteiger partial charge >= 0.3 is 11.9 Å². The van der Waals surface area contributed by atoms with Crippen LogP contribution in [0.1, 0.15) is 71.3 Å². The first kappa shape index (κ1) is 30.4. The van der Waals surface area contributed by atoms with Gasteiger partial charge in [-0.05, 0) is 50.3 Å². The number of aromatic hydroxyl groups is 1. The summed E-state index contributed by atoms with van der Waals surface area (Å²) in [5.74, 6) is -1.50. The number of ether oxygens (including phenoxy) is 3. The summed E-state index contributed by atoms with van der Waals surface area (Å²) in [6.45, 7) is 5.48. The number of phenolic OH excluding ortho intramolecular Hbond substituents is 1. The highest BCUT2D eigenvalue weighted by molar-refractivity contribution is 5.92. The lowest BCUT2D eigenvalue weighted by atomic mass is 9.83. The molecule has 1 aliphatic heterocycles. The summed E-state index contributed by atoms with van der Waals surface area (Å²) in [5.41, 5.74) is -0.0154. The van der Waals surface area contributed by atoms with Crippen LogP contribution in [0.2, 0.25) is 0 Å². The zero-order valence-electron chi connectivity index (χ0n) is 23.4. The van der Waals surface area contributed by atoms with Crippen LogP contribution in [0.3, 0.4) is 0 Å². The van der Waals surface area contributed by atoms with Gasteiger partial charge in [0, 0.05) is 26.3 Å². The fraction of sp³-hybridized carbons (Fsp3) is 0.655. The van der Waals surface area contributed by atoms with Crippen LogP contribution < -0.4 is 5.32 Å². The summed E-state index contributed by atoms with van der Waals surface area (Å²) < 4.78 is 16.4. The van der Waals surface area contributed by atoms with Crippen molar-refractivity contribution >= 4 is 23.8 Å². The standard InChI is InChI=1S/C29H42N2O8/c1-19(32)38-14-13-29(2,3)39-23-17-24(28(36)37-4)31(18-23)27(35)26(21-10-6-5-7-11-21)30-25(34)16-20-9-8-12-22(33)15-20/h8-9,12,15,21,23-24,26,33H,5-7,10-11,13-14,16-18H2,1-4H3,(H,30,34)/t23-,24+,26+/m1/s1. The fourth-order valence-corrected chi connectivity index (χ4v) is 5.54. The van der Waals surface area contributed by atoms with Crippen LogP contribution in [0.25, 0.3) is 0 Å². The second-order valence-electron chi connectivity index (χ2n) is 11.1. The zero-order chi connectivity index (χ0) is 28.6. The van der Waals surface area contributed by atoms with Crippen LogP contribution in [0.4, 0.5) is 0 Å². The molecule has 10 heteroatoms. The number of methoxy groups -OCH3 is 1. The van der Waals surface area contributed by atoms with Crippen molar-refractivity contribution in [3.63, 3.8) is 0 Å². The average Bonchev–Trinajstić information content (AvgIpc) is 3.29. The fourth-order valence-electron chi connectivity index (χ4n) is 5.54. The summed E-state index contributed by atoms with van der Waals surface area (Å²) in [4.78, 5) is 52.4. The Balaban J connectivity index is 1.76. The number of hydrogen-bond donors (Lipinski definition) is 2. The van der Waals surface area contributed by atoms with E-state index in [2.05, 4.69) is 5.32 Å². The first-order chi connectivity index (χ1) is 18.5. The Morgan fingerprint density at radius 1 is 1.15 bits per heavy atom. The van der Waals surface area contributed by atoms with E-state index in [1.807, 2.05) is 13.8 Å². The molecule has 1 saturated carbocycles. The predicted octanol–water partition coefficient (Wildman–Crippen LogP) is 2.89. The molecule has 3 atom stereocenters. The number of carbonyl (C=O) groups excluding carboxylic acids is 4. The quantitative estimate of drug-likeness (QED) is 0.405. The van der Waals surface area contributed by atoms with E-state index in [4.69, 9.17) is 14.2 Å². The van der Waals surface area contributed by atoms with Crippen LogP contribution in [0.15, 0.2) is 24.3 Å². The van der Waals surface area contributed by atoms with Crippen molar-refractivity contribution < 1.29 is 38.5 Å². The number of amides is 2. The van der Waals surface area contributed by atoms with Gasteiger partial charge in [0.1, 0.15) is 17.8 Å². The first-order valence-corrected chi connectivity index (χ1v) is 13.8. The molecule has 39 heavy (non-hydrogen) atoms. The molecule has 2 aliphatic rings. The van der Waals surface area contributed by atoms with E-state index in [-0.39, 0.29) is 55.4 Å². The van der Waals surface area contributed by atoms with Gasteiger partial charge in [-0.25, -0.2) is 4.79 Å². The van der Waals surface area contributed by atoms with Crippen molar-refractivity contribution in [2.24, 2.45) is 5.92 Å². The van der Waals surface area contributed by atoms with Gasteiger partial charge < -0.3 is 29.5 Å². The number of nitrogens with one attached hydrogen (secondary N) is 1. The van der Waals surface area contributed by atoms with Gasteiger partial charge in [-0.3, -0.25) is 14.4 Å². The monoisotopic (exact) mass is 546 g/mol. The van der Waals surface area contributed by atoms with Crippen molar-refractivity contribution in [2.45, 2.75) is 95.9 Å². The summed E-state index contributed by atoms with van der Waals surface area (Å²) in [7, 11) is 1.29. The minimum absolute atomic E-state index is 0.0214. The number of likely N-dealkylation sites (tertiary alicyclic amines) is 1. The van der Waals surface area contributed by atoms with E-state index in [1.165, 1.54) is 31.1 Å². The summed E-state index contributed by atoms with van der Waals surface area (Å²) >= 11 is 0. The van der Waals surface area contributed by atoms with Gasteiger partial charge in [-0.1, -0.05) is 31.4 Å². The normalized spacial score (nSPS) is 20.8. The summed E-state index contributed by atoms with van der Waals surface area (Å²) in [6.07, 6.45) is 4.96. The van der Waals surface area contributed by atoms with Crippen molar-refractivity contribution in [3.8, 4) is 5.75 Å². The molecule has 2 N–H and O–H groups in total. The number of benzene rings is 1. The molecule has 0 aromatic heterocycles. The van der Waals surface area contributed by atoms with Gasteiger partial charge in [-0.2, -0.15) is 0 Å². The molecule has 0 unspecified atom stereocenters. The SMILES string of the molecule is COC(=O)[C@@H]1C[C@@H](OC(C)(C)CCOC(C)=O)CN1C(=O)[C@@H](NC(=O)Cc1cccc(O)c1)C1CCCCC1. The average molecular weight is 547 g/mol. The molecule has 2 amide bonds. The topological polar surface area (TPSA) is 131 Å². The van der Waals surface area contributed by atoms with Crippen molar-refractivity contribution in [3.05, 3.63) is 29.8 Å². The zero-order valence-corrected chi connectivity index (χ0v) is 23.4. The lowest BCUT2D eigenvalue weighted by molar-refractivity contribution is -0.152. The summed E-state index contributed by atoms with van der Waals surface area (Å²) in [6, 6.07) is 4.86. The van der Waals surface area contributed by atoms with Crippen molar-refractivity contribution in [2.75, 3.05) is 20.3 Å². The minimum atomic E-state index is -0.828. The van der Waals surface area contributed by atoms with E-state index in [0.29, 0.717) is 12.0 Å². The predicted molar refractivity (Wildman–Crippen MR) is 143 cm³/mol. The Bertz CT molecular complexity index is 1020. The molecule has 0 spiro atoms. The van der Waals surface area contributed by atoms with E-state index < -0.39 is 29.8 Å². The molecule has 2 fully saturated rings. The lowest BCUT2D eigenvalue weighted by Crippen LogP contribution is -2.55. The molecule has 216 valence electrons. The van der Waals surface area contributed by atoms with Gasteiger partial charge in [0.05, 0.1) is 31.8 Å². The molecule has 1 aromatic rings. The maximum atomic E-state index is 14.0. The molecule has 0 radical (unpaired) electrons. The van der Waals surface area contributed by atoms with E-state index >= 15 is 0 Å². The maximum Gasteiger partial charge on any atom is 0.328 e. The van der Waals surface area contributed by atoms with Gasteiger partial charge in [0.25, 0.3) is 0 Å². The van der Waals surface area contributed by atoms with Crippen LogP contribution in [0, 0.1) is 5.92 Å².